The average molecular weight is 402 g/mol. The molecule has 7 nitrogen and oxygen atoms in total. The highest BCUT2D eigenvalue weighted by Gasteiger charge is 2.16. The van der Waals surface area contributed by atoms with Gasteiger partial charge in [-0.3, -0.25) is 14.4 Å². The Balaban J connectivity index is 1.94. The van der Waals surface area contributed by atoms with Gasteiger partial charge in [0.15, 0.2) is 0 Å². The van der Waals surface area contributed by atoms with Crippen molar-refractivity contribution in [1.29, 1.82) is 0 Å². The molecule has 0 saturated heterocycles. The topological polar surface area (TPSA) is 93.7 Å². The van der Waals surface area contributed by atoms with E-state index in [0.717, 1.165) is 0 Å². The molecule has 0 bridgehead atoms. The molecule has 0 saturated carbocycles. The number of ether oxygens (including phenoxy) is 2. The fourth-order valence-electron chi connectivity index (χ4n) is 2.22. The highest BCUT2D eigenvalue weighted by molar-refractivity contribution is 8.01. The van der Waals surface area contributed by atoms with Crippen LogP contribution in [0.1, 0.15) is 17.3 Å². The smallest absolute Gasteiger partial charge is 0.315 e. The summed E-state index contributed by atoms with van der Waals surface area (Å²) in [6.07, 6.45) is 0. The second kappa shape index (κ2) is 10.4. The quantitative estimate of drug-likeness (QED) is 0.659. The molecule has 28 heavy (non-hydrogen) atoms. The normalized spacial score (nSPS) is 11.2. The third kappa shape index (κ3) is 6.02. The van der Waals surface area contributed by atoms with Gasteiger partial charge in [0.2, 0.25) is 5.91 Å². The van der Waals surface area contributed by atoms with Crippen molar-refractivity contribution in [1.82, 2.24) is 0 Å². The molecule has 2 aromatic carbocycles. The zero-order valence-corrected chi connectivity index (χ0v) is 16.7. The summed E-state index contributed by atoms with van der Waals surface area (Å²) in [5.74, 6) is -0.231. The molecular formula is C20H22N2O5S. The van der Waals surface area contributed by atoms with Gasteiger partial charge in [-0.15, -0.1) is 11.8 Å². The van der Waals surface area contributed by atoms with E-state index in [9.17, 15) is 14.4 Å². The third-order valence-electron chi connectivity index (χ3n) is 3.82. The zero-order valence-electron chi connectivity index (χ0n) is 15.9. The van der Waals surface area contributed by atoms with Gasteiger partial charge in [0, 0.05) is 11.3 Å². The fraction of sp³-hybridized carbons (Fsp3) is 0.250. The summed E-state index contributed by atoms with van der Waals surface area (Å²) in [7, 11) is 2.84. The summed E-state index contributed by atoms with van der Waals surface area (Å²) in [6.45, 7) is 1.71. The van der Waals surface area contributed by atoms with Gasteiger partial charge >= 0.3 is 5.97 Å². The number of carbonyl (C=O) groups is 3. The number of esters is 1. The van der Waals surface area contributed by atoms with Crippen LogP contribution in [0.4, 0.5) is 11.4 Å². The van der Waals surface area contributed by atoms with Gasteiger partial charge in [0.25, 0.3) is 5.91 Å². The number of anilines is 2. The fourth-order valence-corrected chi connectivity index (χ4v) is 2.93. The third-order valence-corrected chi connectivity index (χ3v) is 4.93. The molecule has 0 aliphatic heterocycles. The first-order valence-corrected chi connectivity index (χ1v) is 9.53. The first-order valence-electron chi connectivity index (χ1n) is 8.48. The number of thioether (sulfide) groups is 1. The Morgan fingerprint density at radius 2 is 1.68 bits per heavy atom. The minimum Gasteiger partial charge on any atom is -0.495 e. The molecule has 8 heteroatoms. The van der Waals surface area contributed by atoms with E-state index in [4.69, 9.17) is 4.74 Å². The van der Waals surface area contributed by atoms with Gasteiger partial charge in [-0.25, -0.2) is 0 Å². The van der Waals surface area contributed by atoms with E-state index in [0.29, 0.717) is 22.7 Å². The molecular weight excluding hydrogens is 380 g/mol. The van der Waals surface area contributed by atoms with Gasteiger partial charge in [-0.05, 0) is 43.3 Å². The van der Waals surface area contributed by atoms with E-state index in [1.165, 1.54) is 26.0 Å². The van der Waals surface area contributed by atoms with Crippen LogP contribution in [0, 0.1) is 0 Å². The Kier molecular flexibility index (Phi) is 7.88. The lowest BCUT2D eigenvalue weighted by molar-refractivity contribution is -0.137. The van der Waals surface area contributed by atoms with Crippen molar-refractivity contribution in [2.24, 2.45) is 0 Å². The highest BCUT2D eigenvalue weighted by atomic mass is 32.2. The largest absolute Gasteiger partial charge is 0.495 e. The minimum atomic E-state index is -0.423. The highest BCUT2D eigenvalue weighted by Crippen LogP contribution is 2.24. The number of rotatable bonds is 8. The Labute approximate surface area is 167 Å². The molecule has 2 amide bonds. The van der Waals surface area contributed by atoms with Gasteiger partial charge in [0.05, 0.1) is 30.9 Å². The predicted octanol–water partition coefficient (Wildman–Crippen LogP) is 3.18. The molecule has 1 atom stereocenters. The van der Waals surface area contributed by atoms with E-state index >= 15 is 0 Å². The van der Waals surface area contributed by atoms with Crippen LogP contribution in [0.3, 0.4) is 0 Å². The van der Waals surface area contributed by atoms with E-state index in [1.807, 2.05) is 6.07 Å². The second-order valence-electron chi connectivity index (χ2n) is 5.75. The van der Waals surface area contributed by atoms with E-state index in [2.05, 4.69) is 15.4 Å². The lowest BCUT2D eigenvalue weighted by Gasteiger charge is -2.12. The molecule has 0 aromatic heterocycles. The maximum atomic E-state index is 12.4. The van der Waals surface area contributed by atoms with Crippen LogP contribution >= 0.6 is 11.8 Å². The number of hydrogen-bond acceptors (Lipinski definition) is 6. The first-order chi connectivity index (χ1) is 13.4. The molecule has 0 spiro atoms. The van der Waals surface area contributed by atoms with Crippen molar-refractivity contribution in [2.75, 3.05) is 30.6 Å². The van der Waals surface area contributed by atoms with Crippen molar-refractivity contribution >= 4 is 40.9 Å². The number of benzene rings is 2. The summed E-state index contributed by atoms with van der Waals surface area (Å²) in [5.41, 5.74) is 1.57. The number of methoxy groups -OCH3 is 2. The number of hydrogen-bond donors (Lipinski definition) is 2. The van der Waals surface area contributed by atoms with E-state index in [-0.39, 0.29) is 23.5 Å². The number of carbonyl (C=O) groups excluding carboxylic acids is 3. The molecule has 148 valence electrons. The molecule has 0 aliphatic carbocycles. The maximum Gasteiger partial charge on any atom is 0.315 e. The monoisotopic (exact) mass is 402 g/mol. The minimum absolute atomic E-state index is 0.104. The molecule has 0 aliphatic rings. The molecule has 0 unspecified atom stereocenters. The lowest BCUT2D eigenvalue weighted by Crippen LogP contribution is -2.24. The first kappa shape index (κ1) is 21.3. The standard InChI is InChI=1S/C20H22N2O5S/c1-13(28-12-18(23)27-3)19(24)21-15-10-8-14(9-11-15)20(25)22-16-6-4-5-7-17(16)26-2/h4-11,13H,12H2,1-3H3,(H,21,24)(H,22,25)/t13-/m1/s1. The predicted molar refractivity (Wildman–Crippen MR) is 110 cm³/mol. The number of nitrogens with one attached hydrogen (secondary N) is 2. The second-order valence-corrected chi connectivity index (χ2v) is 7.08. The van der Waals surface area contributed by atoms with Crippen molar-refractivity contribution in [3.05, 3.63) is 54.1 Å². The zero-order chi connectivity index (χ0) is 20.5. The number of para-hydroxylation sites is 2. The maximum absolute atomic E-state index is 12.4. The lowest BCUT2D eigenvalue weighted by atomic mass is 10.2. The molecule has 0 heterocycles. The molecule has 2 rings (SSSR count). The van der Waals surface area contributed by atoms with Crippen molar-refractivity contribution < 1.29 is 23.9 Å². The van der Waals surface area contributed by atoms with E-state index < -0.39 is 5.25 Å². The van der Waals surface area contributed by atoms with Gasteiger partial charge in [-0.1, -0.05) is 12.1 Å². The SMILES string of the molecule is COC(=O)CS[C@H](C)C(=O)Nc1ccc(C(=O)Nc2ccccc2OC)cc1. The van der Waals surface area contributed by atoms with Crippen LogP contribution in [0.5, 0.6) is 5.75 Å². The van der Waals surface area contributed by atoms with Crippen molar-refractivity contribution in [3.8, 4) is 5.75 Å². The Bertz CT molecular complexity index is 839. The van der Waals surface area contributed by atoms with Gasteiger partial charge < -0.3 is 20.1 Å². The van der Waals surface area contributed by atoms with Crippen LogP contribution in [0.15, 0.2) is 48.5 Å². The van der Waals surface area contributed by atoms with Crippen molar-refractivity contribution in [2.45, 2.75) is 12.2 Å². The van der Waals surface area contributed by atoms with Crippen LogP contribution in [-0.2, 0) is 14.3 Å². The molecule has 2 aromatic rings. The summed E-state index contributed by atoms with van der Waals surface area (Å²) in [5, 5.41) is 5.12. The summed E-state index contributed by atoms with van der Waals surface area (Å²) >= 11 is 1.19. The summed E-state index contributed by atoms with van der Waals surface area (Å²) in [4.78, 5) is 35.7. The molecule has 0 radical (unpaired) electrons. The van der Waals surface area contributed by atoms with Crippen LogP contribution in [-0.4, -0.2) is 43.0 Å². The van der Waals surface area contributed by atoms with Crippen LogP contribution in [0.2, 0.25) is 0 Å². The van der Waals surface area contributed by atoms with Crippen LogP contribution in [0.25, 0.3) is 0 Å². The van der Waals surface area contributed by atoms with Crippen LogP contribution < -0.4 is 15.4 Å². The number of amides is 2. The Morgan fingerprint density at radius 1 is 1.00 bits per heavy atom. The van der Waals surface area contributed by atoms with Gasteiger partial charge in [0.1, 0.15) is 5.75 Å². The molecule has 2 N–H and O–H groups in total. The van der Waals surface area contributed by atoms with Crippen molar-refractivity contribution in [3.63, 3.8) is 0 Å². The molecule has 0 fully saturated rings. The Morgan fingerprint density at radius 3 is 2.32 bits per heavy atom. The summed E-state index contributed by atoms with van der Waals surface area (Å²) < 4.78 is 9.77. The van der Waals surface area contributed by atoms with E-state index in [1.54, 1.807) is 49.4 Å². The average Bonchev–Trinajstić information content (AvgIpc) is 2.72. The van der Waals surface area contributed by atoms with Gasteiger partial charge in [-0.2, -0.15) is 0 Å². The Hall–Kier alpha value is -3.00. The summed E-state index contributed by atoms with van der Waals surface area (Å²) in [6, 6.07) is 13.7.